The molecule has 0 aliphatic heterocycles. The van der Waals surface area contributed by atoms with Crippen molar-refractivity contribution in [2.45, 2.75) is 32.1 Å². The van der Waals surface area contributed by atoms with Gasteiger partial charge in [0, 0.05) is 25.4 Å². The first-order chi connectivity index (χ1) is 11.1. The third-order valence-electron chi connectivity index (χ3n) is 3.74. The molecular weight excluding hydrogens is 296 g/mol. The average molecular weight is 318 g/mol. The van der Waals surface area contributed by atoms with Crippen LogP contribution in [0.5, 0.6) is 0 Å². The van der Waals surface area contributed by atoms with E-state index in [9.17, 15) is 14.4 Å². The Bertz CT molecular complexity index is 582. The Hall–Kier alpha value is -2.37. The topological polar surface area (TPSA) is 95.5 Å². The van der Waals surface area contributed by atoms with Crippen LogP contribution in [0.4, 0.5) is 0 Å². The number of carbonyl (C=O) groups excluding carboxylic acids is 2. The van der Waals surface area contributed by atoms with Crippen molar-refractivity contribution >= 4 is 17.8 Å². The second kappa shape index (κ2) is 8.31. The fourth-order valence-corrected chi connectivity index (χ4v) is 2.24. The van der Waals surface area contributed by atoms with E-state index in [0.29, 0.717) is 32.4 Å². The molecule has 0 spiro atoms. The maximum absolute atomic E-state index is 11.7. The summed E-state index contributed by atoms with van der Waals surface area (Å²) in [7, 11) is 0. The molecule has 2 amide bonds. The molecule has 23 heavy (non-hydrogen) atoms. The highest BCUT2D eigenvalue weighted by molar-refractivity contribution is 5.87. The Labute approximate surface area is 135 Å². The number of benzene rings is 1. The zero-order valence-electron chi connectivity index (χ0n) is 13.0. The SMILES string of the molecule is O=C(CCCNC(=O)C1CC1)NCCc1cccc(C(=O)O)c1. The molecule has 1 aliphatic rings. The smallest absolute Gasteiger partial charge is 0.335 e. The zero-order chi connectivity index (χ0) is 16.7. The third-order valence-corrected chi connectivity index (χ3v) is 3.74. The Morgan fingerprint density at radius 1 is 1.13 bits per heavy atom. The maximum Gasteiger partial charge on any atom is 0.335 e. The van der Waals surface area contributed by atoms with E-state index < -0.39 is 5.97 Å². The minimum absolute atomic E-state index is 0.0555. The molecule has 0 aromatic heterocycles. The molecule has 0 atom stereocenters. The van der Waals surface area contributed by atoms with Crippen molar-refractivity contribution in [2.75, 3.05) is 13.1 Å². The van der Waals surface area contributed by atoms with Crippen LogP contribution in [-0.4, -0.2) is 36.0 Å². The summed E-state index contributed by atoms with van der Waals surface area (Å²) in [5.41, 5.74) is 1.13. The Kier molecular flexibility index (Phi) is 6.14. The quantitative estimate of drug-likeness (QED) is 0.599. The van der Waals surface area contributed by atoms with E-state index in [1.54, 1.807) is 18.2 Å². The predicted octanol–water partition coefficient (Wildman–Crippen LogP) is 1.35. The molecule has 1 aromatic rings. The number of rotatable bonds is 9. The third kappa shape index (κ3) is 6.10. The number of aromatic carboxylic acids is 1. The molecule has 124 valence electrons. The summed E-state index contributed by atoms with van der Waals surface area (Å²) in [6.07, 6.45) is 3.55. The molecule has 6 nitrogen and oxygen atoms in total. The lowest BCUT2D eigenvalue weighted by molar-refractivity contribution is -0.123. The molecule has 2 rings (SSSR count). The second-order valence-corrected chi connectivity index (χ2v) is 5.77. The lowest BCUT2D eigenvalue weighted by atomic mass is 10.1. The van der Waals surface area contributed by atoms with Crippen molar-refractivity contribution in [3.8, 4) is 0 Å². The lowest BCUT2D eigenvalue weighted by Gasteiger charge is -2.07. The highest BCUT2D eigenvalue weighted by Gasteiger charge is 2.28. The molecular formula is C17H22N2O4. The van der Waals surface area contributed by atoms with Crippen LogP contribution >= 0.6 is 0 Å². The fraction of sp³-hybridized carbons (Fsp3) is 0.471. The van der Waals surface area contributed by atoms with Crippen LogP contribution in [0.1, 0.15) is 41.6 Å². The summed E-state index contributed by atoms with van der Waals surface area (Å²) in [6.45, 7) is 1.000. The van der Waals surface area contributed by atoms with E-state index >= 15 is 0 Å². The van der Waals surface area contributed by atoms with Crippen LogP contribution in [-0.2, 0) is 16.0 Å². The van der Waals surface area contributed by atoms with E-state index in [4.69, 9.17) is 5.11 Å². The van der Waals surface area contributed by atoms with Crippen molar-refractivity contribution in [3.63, 3.8) is 0 Å². The minimum Gasteiger partial charge on any atom is -0.478 e. The molecule has 1 aliphatic carbocycles. The van der Waals surface area contributed by atoms with E-state index in [1.807, 2.05) is 6.07 Å². The van der Waals surface area contributed by atoms with Crippen LogP contribution in [0, 0.1) is 5.92 Å². The number of carbonyl (C=O) groups is 3. The van der Waals surface area contributed by atoms with Crippen LogP contribution in [0.15, 0.2) is 24.3 Å². The summed E-state index contributed by atoms with van der Waals surface area (Å²) in [5.74, 6) is -0.710. The number of hydrogen-bond acceptors (Lipinski definition) is 3. The van der Waals surface area contributed by atoms with Gasteiger partial charge in [0.2, 0.25) is 11.8 Å². The van der Waals surface area contributed by atoms with Crippen molar-refractivity contribution in [3.05, 3.63) is 35.4 Å². The first kappa shape index (κ1) is 17.0. The van der Waals surface area contributed by atoms with Gasteiger partial charge in [-0.2, -0.15) is 0 Å². The van der Waals surface area contributed by atoms with Gasteiger partial charge in [0.1, 0.15) is 0 Å². The van der Waals surface area contributed by atoms with Crippen molar-refractivity contribution in [1.29, 1.82) is 0 Å². The van der Waals surface area contributed by atoms with Crippen molar-refractivity contribution in [1.82, 2.24) is 10.6 Å². The van der Waals surface area contributed by atoms with E-state index in [2.05, 4.69) is 10.6 Å². The molecule has 0 unspecified atom stereocenters. The van der Waals surface area contributed by atoms with Gasteiger partial charge in [0.25, 0.3) is 0 Å². The molecule has 6 heteroatoms. The van der Waals surface area contributed by atoms with Gasteiger partial charge in [-0.1, -0.05) is 12.1 Å². The molecule has 1 saturated carbocycles. The molecule has 0 heterocycles. The summed E-state index contributed by atoms with van der Waals surface area (Å²) in [6, 6.07) is 6.69. The number of carboxylic acid groups (broad SMARTS) is 1. The summed E-state index contributed by atoms with van der Waals surface area (Å²) < 4.78 is 0. The van der Waals surface area contributed by atoms with Crippen molar-refractivity contribution in [2.24, 2.45) is 5.92 Å². The summed E-state index contributed by atoms with van der Waals surface area (Å²) in [5, 5.41) is 14.5. The van der Waals surface area contributed by atoms with E-state index in [1.165, 1.54) is 0 Å². The largest absolute Gasteiger partial charge is 0.478 e. The fourth-order valence-electron chi connectivity index (χ4n) is 2.24. The monoisotopic (exact) mass is 318 g/mol. The highest BCUT2D eigenvalue weighted by Crippen LogP contribution is 2.28. The Morgan fingerprint density at radius 3 is 2.61 bits per heavy atom. The van der Waals surface area contributed by atoms with Gasteiger partial charge in [-0.15, -0.1) is 0 Å². The molecule has 0 bridgehead atoms. The van der Waals surface area contributed by atoms with Crippen LogP contribution in [0.25, 0.3) is 0 Å². The van der Waals surface area contributed by atoms with E-state index in [-0.39, 0.29) is 23.3 Å². The normalized spacial score (nSPS) is 13.4. The maximum atomic E-state index is 11.7. The molecule has 1 fully saturated rings. The predicted molar refractivity (Wildman–Crippen MR) is 85.1 cm³/mol. The van der Waals surface area contributed by atoms with Gasteiger partial charge >= 0.3 is 5.97 Å². The highest BCUT2D eigenvalue weighted by atomic mass is 16.4. The number of hydrogen-bond donors (Lipinski definition) is 3. The van der Waals surface area contributed by atoms with Crippen LogP contribution in [0.2, 0.25) is 0 Å². The summed E-state index contributed by atoms with van der Waals surface area (Å²) >= 11 is 0. The first-order valence-electron chi connectivity index (χ1n) is 7.93. The van der Waals surface area contributed by atoms with Gasteiger partial charge in [-0.25, -0.2) is 4.79 Å². The van der Waals surface area contributed by atoms with Gasteiger partial charge in [-0.05, 0) is 43.4 Å². The van der Waals surface area contributed by atoms with Crippen LogP contribution in [0.3, 0.4) is 0 Å². The average Bonchev–Trinajstić information content (AvgIpc) is 3.36. The molecule has 3 N–H and O–H groups in total. The van der Waals surface area contributed by atoms with Gasteiger partial charge in [0.15, 0.2) is 0 Å². The first-order valence-corrected chi connectivity index (χ1v) is 7.93. The van der Waals surface area contributed by atoms with E-state index in [0.717, 1.165) is 18.4 Å². The standard InChI is InChI=1S/C17H22N2O4/c20-15(5-2-9-19-16(21)13-6-7-13)18-10-8-12-3-1-4-14(11-12)17(22)23/h1,3-4,11,13H,2,5-10H2,(H,18,20)(H,19,21)(H,22,23). The van der Waals surface area contributed by atoms with Crippen molar-refractivity contribution < 1.29 is 19.5 Å². The zero-order valence-corrected chi connectivity index (χ0v) is 13.0. The molecule has 1 aromatic carbocycles. The Balaban J connectivity index is 1.58. The summed E-state index contributed by atoms with van der Waals surface area (Å²) in [4.78, 5) is 34.0. The number of amides is 2. The number of nitrogens with one attached hydrogen (secondary N) is 2. The Morgan fingerprint density at radius 2 is 1.91 bits per heavy atom. The second-order valence-electron chi connectivity index (χ2n) is 5.77. The lowest BCUT2D eigenvalue weighted by Crippen LogP contribution is -2.29. The number of carboxylic acids is 1. The van der Waals surface area contributed by atoms with Crippen LogP contribution < -0.4 is 10.6 Å². The van der Waals surface area contributed by atoms with Gasteiger partial charge in [-0.3, -0.25) is 9.59 Å². The minimum atomic E-state index is -0.955. The molecule has 0 radical (unpaired) electrons. The van der Waals surface area contributed by atoms with Gasteiger partial charge in [0.05, 0.1) is 5.56 Å². The van der Waals surface area contributed by atoms with Gasteiger partial charge < -0.3 is 15.7 Å². The molecule has 0 saturated heterocycles.